The zero-order valence-electron chi connectivity index (χ0n) is 22.6. The number of rotatable bonds is 11. The summed E-state index contributed by atoms with van der Waals surface area (Å²) < 4.78 is 5.49. The molecule has 0 aromatic heterocycles. The van der Waals surface area contributed by atoms with Crippen molar-refractivity contribution in [1.82, 2.24) is 15.1 Å². The zero-order valence-corrected chi connectivity index (χ0v) is 22.6. The van der Waals surface area contributed by atoms with E-state index < -0.39 is 0 Å². The molecule has 7 heteroatoms. The normalized spacial score (nSPS) is 17.7. The van der Waals surface area contributed by atoms with E-state index in [0.29, 0.717) is 25.3 Å². The molecule has 1 fully saturated rings. The lowest BCUT2D eigenvalue weighted by atomic mass is 10.0. The van der Waals surface area contributed by atoms with Crippen molar-refractivity contribution >= 4 is 17.5 Å². The molecule has 0 spiro atoms. The Hall–Kier alpha value is -3.68. The fourth-order valence-electron chi connectivity index (χ4n) is 5.49. The SMILES string of the molecule is CCOCCCN1C(=O)c2ccccc2C1Nc1cccc(C(=O)NC2CCN(Cc3ccccc3)CC2)c1. The summed E-state index contributed by atoms with van der Waals surface area (Å²) in [6.45, 7) is 6.73. The number of benzene rings is 3. The third kappa shape index (κ3) is 6.67. The Kier molecular flexibility index (Phi) is 8.91. The summed E-state index contributed by atoms with van der Waals surface area (Å²) in [7, 11) is 0. The first-order chi connectivity index (χ1) is 19.1. The topological polar surface area (TPSA) is 73.9 Å². The van der Waals surface area contributed by atoms with Crippen molar-refractivity contribution in [3.05, 3.63) is 101 Å². The predicted octanol–water partition coefficient (Wildman–Crippen LogP) is 5.07. The molecule has 1 unspecified atom stereocenters. The van der Waals surface area contributed by atoms with E-state index in [0.717, 1.165) is 55.7 Å². The average Bonchev–Trinajstić information content (AvgIpc) is 3.23. The zero-order chi connectivity index (χ0) is 27.0. The van der Waals surface area contributed by atoms with Gasteiger partial charge in [0.1, 0.15) is 6.17 Å². The predicted molar refractivity (Wildman–Crippen MR) is 154 cm³/mol. The summed E-state index contributed by atoms with van der Waals surface area (Å²) >= 11 is 0. The Balaban J connectivity index is 1.20. The maximum Gasteiger partial charge on any atom is 0.256 e. The number of hydrogen-bond acceptors (Lipinski definition) is 5. The Morgan fingerprint density at radius 2 is 1.74 bits per heavy atom. The second-order valence-electron chi connectivity index (χ2n) is 10.3. The van der Waals surface area contributed by atoms with E-state index in [4.69, 9.17) is 4.74 Å². The summed E-state index contributed by atoms with van der Waals surface area (Å²) in [5.74, 6) is -0.0382. The molecule has 0 saturated carbocycles. The smallest absolute Gasteiger partial charge is 0.256 e. The number of ether oxygens (including phenoxy) is 1. The molecule has 7 nitrogen and oxygen atoms in total. The molecule has 39 heavy (non-hydrogen) atoms. The lowest BCUT2D eigenvalue weighted by Crippen LogP contribution is -2.44. The number of piperidine rings is 1. The van der Waals surface area contributed by atoms with Crippen LogP contribution in [0.1, 0.15) is 64.2 Å². The van der Waals surface area contributed by atoms with Crippen LogP contribution in [0.5, 0.6) is 0 Å². The fraction of sp³-hybridized carbons (Fsp3) is 0.375. The molecular formula is C32H38N4O3. The van der Waals surface area contributed by atoms with E-state index >= 15 is 0 Å². The summed E-state index contributed by atoms with van der Waals surface area (Å²) in [6, 6.07) is 26.0. The monoisotopic (exact) mass is 526 g/mol. The van der Waals surface area contributed by atoms with Crippen molar-refractivity contribution in [3.63, 3.8) is 0 Å². The van der Waals surface area contributed by atoms with Crippen molar-refractivity contribution in [2.45, 2.75) is 44.9 Å². The first kappa shape index (κ1) is 26.9. The van der Waals surface area contributed by atoms with E-state index in [2.05, 4.69) is 39.8 Å². The van der Waals surface area contributed by atoms with E-state index in [-0.39, 0.29) is 24.0 Å². The standard InChI is InChI=1S/C32H38N4O3/c1-2-39-21-9-18-36-30(28-14-6-7-15-29(28)32(36)38)33-27-13-8-12-25(22-27)31(37)34-26-16-19-35(20-17-26)23-24-10-4-3-5-11-24/h3-8,10-15,22,26,30,33H,2,9,16-21,23H2,1H3,(H,34,37). The van der Waals surface area contributed by atoms with Crippen LogP contribution in [-0.4, -0.2) is 60.5 Å². The van der Waals surface area contributed by atoms with Gasteiger partial charge in [0.15, 0.2) is 0 Å². The van der Waals surface area contributed by atoms with Crippen LogP contribution in [0.2, 0.25) is 0 Å². The number of fused-ring (bicyclic) bond motifs is 1. The maximum absolute atomic E-state index is 13.2. The molecule has 0 bridgehead atoms. The van der Waals surface area contributed by atoms with E-state index in [1.165, 1.54) is 5.56 Å². The van der Waals surface area contributed by atoms with Crippen molar-refractivity contribution < 1.29 is 14.3 Å². The van der Waals surface area contributed by atoms with Crippen LogP contribution in [0.15, 0.2) is 78.9 Å². The molecule has 2 aliphatic heterocycles. The lowest BCUT2D eigenvalue weighted by molar-refractivity contribution is 0.0708. The first-order valence-electron chi connectivity index (χ1n) is 14.0. The van der Waals surface area contributed by atoms with E-state index in [9.17, 15) is 9.59 Å². The fourth-order valence-corrected chi connectivity index (χ4v) is 5.49. The summed E-state index contributed by atoms with van der Waals surface area (Å²) in [5.41, 5.74) is 4.43. The van der Waals surface area contributed by atoms with E-state index in [1.807, 2.05) is 66.4 Å². The third-order valence-electron chi connectivity index (χ3n) is 7.55. The second-order valence-corrected chi connectivity index (χ2v) is 10.3. The highest BCUT2D eigenvalue weighted by Gasteiger charge is 2.36. The molecule has 2 aliphatic rings. The van der Waals surface area contributed by atoms with Gasteiger partial charge in [-0.25, -0.2) is 0 Å². The minimum Gasteiger partial charge on any atom is -0.382 e. The summed E-state index contributed by atoms with van der Waals surface area (Å²) in [4.78, 5) is 30.6. The van der Waals surface area contributed by atoms with Gasteiger partial charge in [-0.1, -0.05) is 54.6 Å². The van der Waals surface area contributed by atoms with Gasteiger partial charge in [-0.2, -0.15) is 0 Å². The second kappa shape index (κ2) is 12.9. The van der Waals surface area contributed by atoms with Gasteiger partial charge in [0, 0.05) is 67.8 Å². The molecule has 1 atom stereocenters. The largest absolute Gasteiger partial charge is 0.382 e. The van der Waals surface area contributed by atoms with Gasteiger partial charge < -0.3 is 20.3 Å². The quantitative estimate of drug-likeness (QED) is 0.341. The highest BCUT2D eigenvalue weighted by Crippen LogP contribution is 2.34. The number of likely N-dealkylation sites (tertiary alicyclic amines) is 1. The van der Waals surface area contributed by atoms with Crippen LogP contribution in [-0.2, 0) is 11.3 Å². The number of amides is 2. The van der Waals surface area contributed by atoms with Gasteiger partial charge in [0.05, 0.1) is 0 Å². The molecule has 3 aromatic carbocycles. The molecule has 2 heterocycles. The van der Waals surface area contributed by atoms with Crippen LogP contribution in [0.25, 0.3) is 0 Å². The molecule has 0 aliphatic carbocycles. The molecule has 2 amide bonds. The highest BCUT2D eigenvalue weighted by atomic mass is 16.5. The van der Waals surface area contributed by atoms with Gasteiger partial charge in [-0.15, -0.1) is 0 Å². The van der Waals surface area contributed by atoms with Gasteiger partial charge >= 0.3 is 0 Å². The van der Waals surface area contributed by atoms with Gasteiger partial charge in [0.2, 0.25) is 0 Å². The Bertz CT molecular complexity index is 1260. The van der Waals surface area contributed by atoms with Gasteiger partial charge in [0.25, 0.3) is 11.8 Å². The number of nitrogens with zero attached hydrogens (tertiary/aromatic N) is 2. The Labute approximate surface area is 231 Å². The maximum atomic E-state index is 13.2. The summed E-state index contributed by atoms with van der Waals surface area (Å²) in [5, 5.41) is 6.76. The van der Waals surface area contributed by atoms with Crippen LogP contribution in [0.3, 0.4) is 0 Å². The molecule has 2 N–H and O–H groups in total. The third-order valence-corrected chi connectivity index (χ3v) is 7.55. The molecule has 5 rings (SSSR count). The van der Waals surface area contributed by atoms with Crippen molar-refractivity contribution in [1.29, 1.82) is 0 Å². The van der Waals surface area contributed by atoms with Crippen molar-refractivity contribution in [2.75, 3.05) is 38.2 Å². The Morgan fingerprint density at radius 1 is 0.974 bits per heavy atom. The van der Waals surface area contributed by atoms with Crippen molar-refractivity contribution in [3.8, 4) is 0 Å². The number of anilines is 1. The average molecular weight is 527 g/mol. The molecule has 0 radical (unpaired) electrons. The number of carbonyl (C=O) groups is 2. The van der Waals surface area contributed by atoms with Crippen LogP contribution >= 0.6 is 0 Å². The molecule has 3 aromatic rings. The van der Waals surface area contributed by atoms with Crippen molar-refractivity contribution in [2.24, 2.45) is 0 Å². The molecule has 1 saturated heterocycles. The van der Waals surface area contributed by atoms with Crippen LogP contribution in [0, 0.1) is 0 Å². The highest BCUT2D eigenvalue weighted by molar-refractivity contribution is 5.99. The minimum absolute atomic E-state index is 0.0205. The minimum atomic E-state index is -0.289. The lowest BCUT2D eigenvalue weighted by Gasteiger charge is -2.32. The molecular weight excluding hydrogens is 488 g/mol. The Morgan fingerprint density at radius 3 is 2.54 bits per heavy atom. The van der Waals surface area contributed by atoms with Gasteiger partial charge in [-0.05, 0) is 56.0 Å². The van der Waals surface area contributed by atoms with Crippen LogP contribution in [0.4, 0.5) is 5.69 Å². The number of hydrogen-bond donors (Lipinski definition) is 2. The first-order valence-corrected chi connectivity index (χ1v) is 14.0. The summed E-state index contributed by atoms with van der Waals surface area (Å²) in [6.07, 6.45) is 2.35. The van der Waals surface area contributed by atoms with E-state index in [1.54, 1.807) is 0 Å². The molecule has 204 valence electrons. The number of carbonyl (C=O) groups excluding carboxylic acids is 2. The number of nitrogens with one attached hydrogen (secondary N) is 2. The van der Waals surface area contributed by atoms with Crippen LogP contribution < -0.4 is 10.6 Å². The van der Waals surface area contributed by atoms with Gasteiger partial charge in [-0.3, -0.25) is 14.5 Å².